The lowest BCUT2D eigenvalue weighted by Gasteiger charge is -2.22. The first kappa shape index (κ1) is 31.6. The van der Waals surface area contributed by atoms with Crippen LogP contribution in [0.2, 0.25) is 0 Å². The maximum absolute atomic E-state index is 12.6. The van der Waals surface area contributed by atoms with Gasteiger partial charge in [0, 0.05) is 75.0 Å². The zero-order valence-electron chi connectivity index (χ0n) is 24.1. The van der Waals surface area contributed by atoms with Crippen molar-refractivity contribution in [1.29, 1.82) is 0 Å². The van der Waals surface area contributed by atoms with Gasteiger partial charge in [-0.1, -0.05) is 0 Å². The lowest BCUT2D eigenvalue weighted by atomic mass is 10.1. The van der Waals surface area contributed by atoms with E-state index >= 15 is 0 Å². The van der Waals surface area contributed by atoms with Crippen molar-refractivity contribution in [1.82, 2.24) is 0 Å². The Morgan fingerprint density at radius 3 is 1.38 bits per heavy atom. The number of ether oxygens (including phenoxy) is 4. The van der Waals surface area contributed by atoms with Crippen LogP contribution in [0.4, 0.5) is 11.4 Å². The van der Waals surface area contributed by atoms with E-state index in [1.165, 1.54) is 12.2 Å². The predicted octanol–water partition coefficient (Wildman–Crippen LogP) is 5.60. The molecule has 0 spiro atoms. The Hall–Kier alpha value is -3.62. The van der Waals surface area contributed by atoms with Crippen LogP contribution < -0.4 is 19.3 Å². The summed E-state index contributed by atoms with van der Waals surface area (Å²) in [5.74, 6) is 0.604. The second kappa shape index (κ2) is 17.1. The zero-order chi connectivity index (χ0) is 28.6. The van der Waals surface area contributed by atoms with Gasteiger partial charge >= 0.3 is 0 Å². The number of rotatable bonds is 18. The first-order chi connectivity index (χ1) is 18.9. The number of benzene rings is 2. The van der Waals surface area contributed by atoms with Gasteiger partial charge in [-0.15, -0.1) is 0 Å². The zero-order valence-corrected chi connectivity index (χ0v) is 24.1. The normalized spacial score (nSPS) is 11.2. The van der Waals surface area contributed by atoms with E-state index in [0.717, 1.165) is 48.7 Å². The molecule has 0 fully saturated rings. The highest BCUT2D eigenvalue weighted by Crippen LogP contribution is 2.28. The van der Waals surface area contributed by atoms with Crippen molar-refractivity contribution in [2.24, 2.45) is 0 Å². The minimum atomic E-state index is -0.303. The van der Waals surface area contributed by atoms with E-state index in [0.29, 0.717) is 11.5 Å². The summed E-state index contributed by atoms with van der Waals surface area (Å²) in [7, 11) is 3.11. The van der Waals surface area contributed by atoms with Crippen LogP contribution in [0.15, 0.2) is 48.6 Å². The average molecular weight is 539 g/mol. The van der Waals surface area contributed by atoms with E-state index in [-0.39, 0.29) is 31.6 Å². The van der Waals surface area contributed by atoms with Crippen LogP contribution >= 0.6 is 0 Å². The van der Waals surface area contributed by atoms with Crippen molar-refractivity contribution in [2.75, 3.05) is 63.8 Å². The Bertz CT molecular complexity index is 1030. The highest BCUT2D eigenvalue weighted by molar-refractivity contribution is 6.11. The number of allylic oxidation sites excluding steroid dienone is 2. The summed E-state index contributed by atoms with van der Waals surface area (Å²) in [6.45, 7) is 12.0. The summed E-state index contributed by atoms with van der Waals surface area (Å²) < 4.78 is 21.6. The van der Waals surface area contributed by atoms with E-state index < -0.39 is 0 Å². The molecular formula is C31H42N2O6. The number of nitrogens with zero attached hydrogens (tertiary/aromatic N) is 2. The van der Waals surface area contributed by atoms with Gasteiger partial charge in [0.15, 0.2) is 25.2 Å². The topological polar surface area (TPSA) is 77.5 Å². The molecule has 0 atom stereocenters. The number of methoxy groups -OCH3 is 2. The lowest BCUT2D eigenvalue weighted by molar-refractivity contribution is -0.121. The minimum absolute atomic E-state index is 0.0890. The quantitative estimate of drug-likeness (QED) is 0.138. The van der Waals surface area contributed by atoms with Crippen molar-refractivity contribution in [2.45, 2.75) is 34.1 Å². The summed E-state index contributed by atoms with van der Waals surface area (Å²) >= 11 is 0. The number of hydrogen-bond donors (Lipinski definition) is 0. The second-order valence-corrected chi connectivity index (χ2v) is 8.67. The van der Waals surface area contributed by atoms with Crippen molar-refractivity contribution in [3.05, 3.63) is 59.7 Å². The standard InChI is InChI=1S/C31H42N2O6/c1-7-32(8-2)26-15-11-24(30(19-26)38-22-36-5)13-17-28(34)21-29(35)18-14-25-12-16-27(33(9-3)10-4)20-31(25)39-23-37-6/h11-20H,7-10,21-23H2,1-6H3/b17-13+,18-14+. The Kier molecular flexibility index (Phi) is 13.8. The number of ketones is 2. The molecule has 0 aliphatic rings. The molecule has 0 aliphatic heterocycles. The molecule has 0 radical (unpaired) electrons. The third-order valence-corrected chi connectivity index (χ3v) is 6.16. The van der Waals surface area contributed by atoms with E-state index in [1.807, 2.05) is 36.4 Å². The number of hydrogen-bond acceptors (Lipinski definition) is 8. The fourth-order valence-corrected chi connectivity index (χ4v) is 4.04. The van der Waals surface area contributed by atoms with Gasteiger partial charge in [0.05, 0.1) is 6.42 Å². The molecule has 0 N–H and O–H groups in total. The van der Waals surface area contributed by atoms with Gasteiger partial charge in [-0.25, -0.2) is 0 Å². The van der Waals surface area contributed by atoms with Gasteiger partial charge in [-0.3, -0.25) is 9.59 Å². The van der Waals surface area contributed by atoms with Gasteiger partial charge < -0.3 is 28.7 Å². The summed E-state index contributed by atoms with van der Waals surface area (Å²) in [4.78, 5) is 29.5. The maximum atomic E-state index is 12.6. The molecule has 0 unspecified atom stereocenters. The molecule has 8 heteroatoms. The summed E-state index contributed by atoms with van der Waals surface area (Å²) in [5, 5.41) is 0. The number of carbonyl (C=O) groups excluding carboxylic acids is 2. The molecule has 0 amide bonds. The predicted molar refractivity (Wildman–Crippen MR) is 158 cm³/mol. The molecule has 0 heterocycles. The van der Waals surface area contributed by atoms with Crippen molar-refractivity contribution >= 4 is 35.1 Å². The van der Waals surface area contributed by atoms with Gasteiger partial charge in [0.25, 0.3) is 0 Å². The Balaban J connectivity index is 2.13. The van der Waals surface area contributed by atoms with Gasteiger partial charge in [-0.2, -0.15) is 0 Å². The van der Waals surface area contributed by atoms with E-state index in [9.17, 15) is 9.59 Å². The van der Waals surface area contributed by atoms with Gasteiger partial charge in [0.2, 0.25) is 0 Å². The largest absolute Gasteiger partial charge is 0.467 e. The first-order valence-electron chi connectivity index (χ1n) is 13.3. The summed E-state index contributed by atoms with van der Waals surface area (Å²) in [5.41, 5.74) is 3.50. The van der Waals surface area contributed by atoms with E-state index in [2.05, 4.69) is 37.5 Å². The van der Waals surface area contributed by atoms with Gasteiger partial charge in [-0.05, 0) is 76.3 Å². The minimum Gasteiger partial charge on any atom is -0.467 e. The number of carbonyl (C=O) groups is 2. The van der Waals surface area contributed by atoms with Gasteiger partial charge in [0.1, 0.15) is 11.5 Å². The SMILES string of the molecule is CCN(CC)c1ccc(/C=C/C(=O)CC(=O)/C=C/c2ccc(N(CC)CC)cc2OCOC)c(OCOC)c1. The third kappa shape index (κ3) is 9.89. The van der Waals surface area contributed by atoms with E-state index in [4.69, 9.17) is 18.9 Å². The van der Waals surface area contributed by atoms with Crippen molar-refractivity contribution < 1.29 is 28.5 Å². The fraction of sp³-hybridized carbons (Fsp3) is 0.419. The molecule has 2 rings (SSSR count). The van der Waals surface area contributed by atoms with E-state index in [1.54, 1.807) is 26.4 Å². The molecule has 0 saturated heterocycles. The molecule has 8 nitrogen and oxygen atoms in total. The third-order valence-electron chi connectivity index (χ3n) is 6.16. The fourth-order valence-electron chi connectivity index (χ4n) is 4.04. The van der Waals surface area contributed by atoms with Crippen LogP contribution in [0.5, 0.6) is 11.5 Å². The number of anilines is 2. The van der Waals surface area contributed by atoms with Crippen molar-refractivity contribution in [3.63, 3.8) is 0 Å². The summed E-state index contributed by atoms with van der Waals surface area (Å²) in [6, 6.07) is 11.6. The van der Waals surface area contributed by atoms with Crippen molar-refractivity contribution in [3.8, 4) is 11.5 Å². The molecule has 0 aromatic heterocycles. The molecule has 0 saturated carbocycles. The van der Waals surface area contributed by atoms with Crippen LogP contribution in [0, 0.1) is 0 Å². The lowest BCUT2D eigenvalue weighted by Crippen LogP contribution is -2.21. The average Bonchev–Trinajstić information content (AvgIpc) is 2.95. The maximum Gasteiger partial charge on any atom is 0.188 e. The van der Waals surface area contributed by atoms with Crippen LogP contribution in [-0.4, -0.2) is 65.6 Å². The second-order valence-electron chi connectivity index (χ2n) is 8.67. The smallest absolute Gasteiger partial charge is 0.188 e. The molecule has 0 aliphatic carbocycles. The molecule has 39 heavy (non-hydrogen) atoms. The molecular weight excluding hydrogens is 496 g/mol. The Morgan fingerprint density at radius 1 is 0.667 bits per heavy atom. The van der Waals surface area contributed by atoms with Crippen LogP contribution in [0.1, 0.15) is 45.2 Å². The Labute approximate surface area is 232 Å². The summed E-state index contributed by atoms with van der Waals surface area (Å²) in [6.07, 6.45) is 5.90. The molecule has 2 aromatic rings. The first-order valence-corrected chi connectivity index (χ1v) is 13.3. The van der Waals surface area contributed by atoms with Crippen LogP contribution in [-0.2, 0) is 19.1 Å². The Morgan fingerprint density at radius 2 is 1.05 bits per heavy atom. The molecule has 212 valence electrons. The molecule has 0 bridgehead atoms. The molecule has 2 aromatic carbocycles. The van der Waals surface area contributed by atoms with Crippen LogP contribution in [0.3, 0.4) is 0 Å². The monoisotopic (exact) mass is 538 g/mol. The highest BCUT2D eigenvalue weighted by atomic mass is 16.7. The van der Waals surface area contributed by atoms with Crippen LogP contribution in [0.25, 0.3) is 12.2 Å². The highest BCUT2D eigenvalue weighted by Gasteiger charge is 2.11.